The van der Waals surface area contributed by atoms with Crippen LogP contribution in [-0.2, 0) is 17.8 Å². The van der Waals surface area contributed by atoms with Crippen LogP contribution in [-0.4, -0.2) is 36.5 Å². The van der Waals surface area contributed by atoms with E-state index in [0.29, 0.717) is 6.54 Å². The van der Waals surface area contributed by atoms with Crippen molar-refractivity contribution in [2.24, 2.45) is 0 Å². The Bertz CT molecular complexity index is 709. The number of nitrogens with zero attached hydrogens (tertiary/aromatic N) is 1. The standard InChI is InChI=1S/C20H25N3OS/c24-20(17-7-4-10-21-17)22-13-18(15-5-2-1-3-6-15)23-11-8-19-16(14-23)9-12-25-19/h1-3,5-6,9,12,17-18,21H,4,7-8,10-11,13-14H2,(H,22,24). The Morgan fingerprint density at radius 2 is 2.20 bits per heavy atom. The highest BCUT2D eigenvalue weighted by Gasteiger charge is 2.27. The Hall–Kier alpha value is -1.69. The minimum Gasteiger partial charge on any atom is -0.353 e. The molecule has 0 aliphatic carbocycles. The van der Waals surface area contributed by atoms with Crippen molar-refractivity contribution >= 4 is 17.2 Å². The number of fused-ring (bicyclic) bond motifs is 1. The molecule has 4 nitrogen and oxygen atoms in total. The highest BCUT2D eigenvalue weighted by atomic mass is 32.1. The van der Waals surface area contributed by atoms with E-state index in [0.717, 1.165) is 38.9 Å². The first kappa shape index (κ1) is 16.8. The van der Waals surface area contributed by atoms with Crippen molar-refractivity contribution in [3.63, 3.8) is 0 Å². The molecule has 2 aromatic rings. The van der Waals surface area contributed by atoms with Gasteiger partial charge in [-0.2, -0.15) is 0 Å². The zero-order valence-corrected chi connectivity index (χ0v) is 15.2. The lowest BCUT2D eigenvalue weighted by molar-refractivity contribution is -0.123. The molecule has 1 amide bonds. The number of thiophene rings is 1. The Morgan fingerprint density at radius 3 is 3.00 bits per heavy atom. The summed E-state index contributed by atoms with van der Waals surface area (Å²) in [5, 5.41) is 8.68. The summed E-state index contributed by atoms with van der Waals surface area (Å²) in [5.74, 6) is 0.145. The fourth-order valence-electron chi connectivity index (χ4n) is 3.90. The number of nitrogens with one attached hydrogen (secondary N) is 2. The lowest BCUT2D eigenvalue weighted by Gasteiger charge is -2.35. The van der Waals surface area contributed by atoms with E-state index in [4.69, 9.17) is 0 Å². The predicted octanol–water partition coefficient (Wildman–Crippen LogP) is 2.72. The molecule has 1 fully saturated rings. The topological polar surface area (TPSA) is 44.4 Å². The van der Waals surface area contributed by atoms with Gasteiger partial charge in [0.1, 0.15) is 0 Å². The van der Waals surface area contributed by atoms with Crippen molar-refractivity contribution in [2.75, 3.05) is 19.6 Å². The number of benzene rings is 1. The van der Waals surface area contributed by atoms with Crippen LogP contribution >= 0.6 is 11.3 Å². The van der Waals surface area contributed by atoms with Crippen LogP contribution in [0.1, 0.15) is 34.9 Å². The first-order chi connectivity index (χ1) is 12.3. The van der Waals surface area contributed by atoms with Crippen LogP contribution in [0.3, 0.4) is 0 Å². The fraction of sp³-hybridized carbons (Fsp3) is 0.450. The average Bonchev–Trinajstić information content (AvgIpc) is 3.34. The maximum atomic E-state index is 12.4. The Kier molecular flexibility index (Phi) is 5.15. The second kappa shape index (κ2) is 7.68. The van der Waals surface area contributed by atoms with Gasteiger partial charge < -0.3 is 10.6 Å². The summed E-state index contributed by atoms with van der Waals surface area (Å²) in [6.07, 6.45) is 3.14. The molecule has 132 valence electrons. The molecule has 3 heterocycles. The number of rotatable bonds is 5. The molecule has 1 aromatic heterocycles. The molecule has 0 radical (unpaired) electrons. The highest BCUT2D eigenvalue weighted by molar-refractivity contribution is 7.10. The van der Waals surface area contributed by atoms with Gasteiger partial charge in [0.2, 0.25) is 5.91 Å². The van der Waals surface area contributed by atoms with Crippen molar-refractivity contribution in [3.8, 4) is 0 Å². The Labute approximate surface area is 153 Å². The average molecular weight is 356 g/mol. The third-order valence-electron chi connectivity index (χ3n) is 5.31. The van der Waals surface area contributed by atoms with Gasteiger partial charge in [-0.25, -0.2) is 0 Å². The summed E-state index contributed by atoms with van der Waals surface area (Å²) < 4.78 is 0. The first-order valence-electron chi connectivity index (χ1n) is 9.16. The highest BCUT2D eigenvalue weighted by Crippen LogP contribution is 2.30. The van der Waals surface area contributed by atoms with E-state index in [2.05, 4.69) is 57.3 Å². The van der Waals surface area contributed by atoms with E-state index >= 15 is 0 Å². The van der Waals surface area contributed by atoms with Gasteiger partial charge in [0.15, 0.2) is 0 Å². The number of amides is 1. The number of carbonyl (C=O) groups is 1. The van der Waals surface area contributed by atoms with Crippen LogP contribution in [0.5, 0.6) is 0 Å². The van der Waals surface area contributed by atoms with E-state index in [9.17, 15) is 4.79 Å². The molecule has 1 saturated heterocycles. The van der Waals surface area contributed by atoms with Gasteiger partial charge in [0, 0.05) is 24.5 Å². The molecule has 0 spiro atoms. The quantitative estimate of drug-likeness (QED) is 0.867. The molecule has 2 unspecified atom stereocenters. The van der Waals surface area contributed by atoms with E-state index in [1.807, 2.05) is 11.3 Å². The van der Waals surface area contributed by atoms with Gasteiger partial charge in [-0.15, -0.1) is 11.3 Å². The van der Waals surface area contributed by atoms with Gasteiger partial charge in [-0.05, 0) is 48.4 Å². The second-order valence-corrected chi connectivity index (χ2v) is 7.91. The van der Waals surface area contributed by atoms with Crippen LogP contribution in [0.25, 0.3) is 0 Å². The summed E-state index contributed by atoms with van der Waals surface area (Å²) in [6.45, 7) is 3.63. The van der Waals surface area contributed by atoms with Crippen molar-refractivity contribution in [3.05, 3.63) is 57.8 Å². The summed E-state index contributed by atoms with van der Waals surface area (Å²) >= 11 is 1.87. The van der Waals surface area contributed by atoms with Crippen LogP contribution in [0.4, 0.5) is 0 Å². The lowest BCUT2D eigenvalue weighted by Crippen LogP contribution is -2.45. The molecule has 25 heavy (non-hydrogen) atoms. The summed E-state index contributed by atoms with van der Waals surface area (Å²) in [7, 11) is 0. The van der Waals surface area contributed by atoms with Crippen LogP contribution in [0, 0.1) is 0 Å². The van der Waals surface area contributed by atoms with Gasteiger partial charge in [0.05, 0.1) is 12.1 Å². The number of hydrogen-bond acceptors (Lipinski definition) is 4. The van der Waals surface area contributed by atoms with Gasteiger partial charge in [-0.1, -0.05) is 30.3 Å². The Morgan fingerprint density at radius 1 is 1.32 bits per heavy atom. The zero-order valence-electron chi connectivity index (χ0n) is 14.4. The van der Waals surface area contributed by atoms with Gasteiger partial charge >= 0.3 is 0 Å². The largest absolute Gasteiger partial charge is 0.353 e. The SMILES string of the molecule is O=C(NCC(c1ccccc1)N1CCc2sccc2C1)C1CCCN1. The van der Waals surface area contributed by atoms with E-state index in [1.165, 1.54) is 16.0 Å². The van der Waals surface area contributed by atoms with Crippen molar-refractivity contribution in [2.45, 2.75) is 37.9 Å². The van der Waals surface area contributed by atoms with Gasteiger partial charge in [-0.3, -0.25) is 9.69 Å². The molecule has 0 saturated carbocycles. The monoisotopic (exact) mass is 355 g/mol. The maximum Gasteiger partial charge on any atom is 0.237 e. The van der Waals surface area contributed by atoms with E-state index in [1.54, 1.807) is 0 Å². The smallest absolute Gasteiger partial charge is 0.237 e. The van der Waals surface area contributed by atoms with Gasteiger partial charge in [0.25, 0.3) is 0 Å². The number of carbonyl (C=O) groups excluding carboxylic acids is 1. The third-order valence-corrected chi connectivity index (χ3v) is 6.33. The third kappa shape index (κ3) is 3.78. The van der Waals surface area contributed by atoms with Crippen molar-refractivity contribution in [1.29, 1.82) is 0 Å². The summed E-state index contributed by atoms with van der Waals surface area (Å²) in [6, 6.07) is 13.0. The Balaban J connectivity index is 1.48. The molecular weight excluding hydrogens is 330 g/mol. The molecule has 2 N–H and O–H groups in total. The molecule has 2 atom stereocenters. The van der Waals surface area contributed by atoms with E-state index < -0.39 is 0 Å². The molecule has 5 heteroatoms. The molecule has 0 bridgehead atoms. The number of hydrogen-bond donors (Lipinski definition) is 2. The summed E-state index contributed by atoms with van der Waals surface area (Å²) in [5.41, 5.74) is 2.72. The van der Waals surface area contributed by atoms with Crippen LogP contribution in [0.15, 0.2) is 41.8 Å². The second-order valence-electron chi connectivity index (χ2n) is 6.91. The maximum absolute atomic E-state index is 12.4. The molecule has 2 aliphatic heterocycles. The minimum absolute atomic E-state index is 0.0127. The molecule has 4 rings (SSSR count). The van der Waals surface area contributed by atoms with E-state index in [-0.39, 0.29) is 18.0 Å². The minimum atomic E-state index is -0.0127. The molecular formula is C20H25N3OS. The fourth-order valence-corrected chi connectivity index (χ4v) is 4.79. The van der Waals surface area contributed by atoms with Crippen LogP contribution in [0.2, 0.25) is 0 Å². The zero-order chi connectivity index (χ0) is 17.1. The normalized spacial score (nSPS) is 21.7. The molecule has 2 aliphatic rings. The lowest BCUT2D eigenvalue weighted by atomic mass is 10.0. The molecule has 1 aromatic carbocycles. The predicted molar refractivity (Wildman–Crippen MR) is 102 cm³/mol. The summed E-state index contributed by atoms with van der Waals surface area (Å²) in [4.78, 5) is 16.5. The van der Waals surface area contributed by atoms with Crippen LogP contribution < -0.4 is 10.6 Å². The first-order valence-corrected chi connectivity index (χ1v) is 10.0. The van der Waals surface area contributed by atoms with Crippen molar-refractivity contribution < 1.29 is 4.79 Å². The van der Waals surface area contributed by atoms with Crippen molar-refractivity contribution in [1.82, 2.24) is 15.5 Å².